The van der Waals surface area contributed by atoms with Crippen molar-refractivity contribution in [3.63, 3.8) is 0 Å². The first-order valence-electron chi connectivity index (χ1n) is 3.32. The van der Waals surface area contributed by atoms with E-state index in [9.17, 15) is 4.79 Å². The third-order valence-electron chi connectivity index (χ3n) is 1.10. The van der Waals surface area contributed by atoms with Crippen LogP contribution < -0.4 is 5.73 Å². The molecule has 3 N–H and O–H groups in total. The maximum atomic E-state index is 10.3. The standard InChI is InChI=1S/C6H14AsNO2S/c1-7(2)11-4-3-5(8)6(9)10/h5H,3-4,8H2,1-2H3,(H,9,10). The van der Waals surface area contributed by atoms with Gasteiger partial charge < -0.3 is 0 Å². The van der Waals surface area contributed by atoms with Crippen molar-refractivity contribution in [1.29, 1.82) is 0 Å². The molecule has 0 saturated heterocycles. The minimum absolute atomic E-state index is 0.590. The average molecular weight is 239 g/mol. The van der Waals surface area contributed by atoms with E-state index in [1.54, 1.807) is 0 Å². The molecular weight excluding hydrogens is 225 g/mol. The number of carboxylic acids is 1. The van der Waals surface area contributed by atoms with E-state index in [4.69, 9.17) is 10.8 Å². The van der Waals surface area contributed by atoms with Crippen LogP contribution in [0.25, 0.3) is 0 Å². The van der Waals surface area contributed by atoms with Crippen LogP contribution in [0.2, 0.25) is 11.4 Å². The van der Waals surface area contributed by atoms with Crippen LogP contribution in [0, 0.1) is 0 Å². The van der Waals surface area contributed by atoms with Crippen molar-refractivity contribution in [2.75, 3.05) is 5.75 Å². The molecule has 11 heavy (non-hydrogen) atoms. The molecule has 0 aliphatic rings. The molecule has 3 nitrogen and oxygen atoms in total. The zero-order chi connectivity index (χ0) is 8.85. The van der Waals surface area contributed by atoms with Gasteiger partial charge in [0.25, 0.3) is 0 Å². The van der Waals surface area contributed by atoms with E-state index in [2.05, 4.69) is 11.4 Å². The zero-order valence-electron chi connectivity index (χ0n) is 6.78. The van der Waals surface area contributed by atoms with Crippen LogP contribution in [-0.4, -0.2) is 36.4 Å². The van der Waals surface area contributed by atoms with E-state index < -0.39 is 25.5 Å². The van der Waals surface area contributed by atoms with Gasteiger partial charge in [0.15, 0.2) is 0 Å². The third kappa shape index (κ3) is 6.73. The quantitative estimate of drug-likeness (QED) is 0.696. The van der Waals surface area contributed by atoms with Crippen molar-refractivity contribution in [1.82, 2.24) is 0 Å². The van der Waals surface area contributed by atoms with E-state index >= 15 is 0 Å². The van der Waals surface area contributed by atoms with Gasteiger partial charge in [0.2, 0.25) is 0 Å². The van der Waals surface area contributed by atoms with Crippen LogP contribution in [0.4, 0.5) is 0 Å². The van der Waals surface area contributed by atoms with E-state index in [1.807, 2.05) is 10.0 Å². The number of carboxylic acid groups (broad SMARTS) is 1. The van der Waals surface area contributed by atoms with Crippen LogP contribution in [0.3, 0.4) is 0 Å². The van der Waals surface area contributed by atoms with Crippen molar-refractivity contribution in [2.24, 2.45) is 5.73 Å². The molecule has 0 saturated carbocycles. The normalized spacial score (nSPS) is 13.5. The molecule has 5 heteroatoms. The summed E-state index contributed by atoms with van der Waals surface area (Å²) < 4.78 is 0. The summed E-state index contributed by atoms with van der Waals surface area (Å²) in [4.78, 5) is 10.3. The Balaban J connectivity index is 3.31. The fourth-order valence-electron chi connectivity index (χ4n) is 0.486. The number of rotatable bonds is 5. The first-order valence-corrected chi connectivity index (χ1v) is 10.3. The van der Waals surface area contributed by atoms with Gasteiger partial charge in [-0.15, -0.1) is 0 Å². The first-order chi connectivity index (χ1) is 5.04. The third-order valence-corrected chi connectivity index (χ3v) is 6.43. The van der Waals surface area contributed by atoms with Gasteiger partial charge in [-0.05, 0) is 0 Å². The van der Waals surface area contributed by atoms with E-state index in [0.717, 1.165) is 5.75 Å². The molecule has 0 aliphatic carbocycles. The van der Waals surface area contributed by atoms with E-state index in [0.29, 0.717) is 6.42 Å². The maximum absolute atomic E-state index is 10.3. The van der Waals surface area contributed by atoms with Crippen molar-refractivity contribution < 1.29 is 9.90 Å². The van der Waals surface area contributed by atoms with Gasteiger partial charge in [0.05, 0.1) is 0 Å². The van der Waals surface area contributed by atoms with E-state index in [-0.39, 0.29) is 0 Å². The Kier molecular flexibility index (Phi) is 6.10. The van der Waals surface area contributed by atoms with Gasteiger partial charge in [0, 0.05) is 0 Å². The Labute approximate surface area is 75.0 Å². The van der Waals surface area contributed by atoms with Crippen molar-refractivity contribution in [3.05, 3.63) is 0 Å². The zero-order valence-corrected chi connectivity index (χ0v) is 9.47. The molecule has 0 aliphatic heterocycles. The first kappa shape index (κ1) is 11.3. The Bertz CT molecular complexity index is 132. The summed E-state index contributed by atoms with van der Waals surface area (Å²) in [6.45, 7) is 0. The molecule has 0 amide bonds. The predicted molar refractivity (Wildman–Crippen MR) is 50.2 cm³/mol. The Morgan fingerprint density at radius 2 is 2.27 bits per heavy atom. The number of hydrogen-bond donors (Lipinski definition) is 2. The second-order valence-electron chi connectivity index (χ2n) is 2.38. The molecular formula is C6H14AsNO2S. The second kappa shape index (κ2) is 5.92. The van der Waals surface area contributed by atoms with Crippen LogP contribution in [0.15, 0.2) is 0 Å². The topological polar surface area (TPSA) is 63.3 Å². The number of aliphatic carboxylic acids is 1. The Morgan fingerprint density at radius 3 is 2.64 bits per heavy atom. The number of nitrogens with two attached hydrogens (primary N) is 1. The Hall–Kier alpha value is 0.338. The summed E-state index contributed by atoms with van der Waals surface area (Å²) in [6.07, 6.45) is 0.590. The van der Waals surface area contributed by atoms with Crippen LogP contribution >= 0.6 is 10.0 Å². The summed E-state index contributed by atoms with van der Waals surface area (Å²) in [5.74, 6) is -0.00245. The average Bonchev–Trinajstić information content (AvgIpc) is 1.86. The van der Waals surface area contributed by atoms with E-state index in [1.165, 1.54) is 0 Å². The summed E-state index contributed by atoms with van der Waals surface area (Å²) in [7, 11) is 1.88. The molecule has 0 spiro atoms. The summed E-state index contributed by atoms with van der Waals surface area (Å²) >= 11 is -0.650. The molecule has 0 aromatic carbocycles. The molecule has 0 bridgehead atoms. The van der Waals surface area contributed by atoms with Crippen LogP contribution in [0.5, 0.6) is 0 Å². The van der Waals surface area contributed by atoms with Gasteiger partial charge in [0.1, 0.15) is 0 Å². The number of carbonyl (C=O) groups is 1. The molecule has 0 aromatic heterocycles. The Morgan fingerprint density at radius 1 is 1.73 bits per heavy atom. The summed E-state index contributed by atoms with van der Waals surface area (Å²) in [6, 6.07) is -0.670. The molecule has 0 rings (SSSR count). The fourth-order valence-corrected chi connectivity index (χ4v) is 4.17. The van der Waals surface area contributed by atoms with Crippen molar-refractivity contribution in [3.8, 4) is 0 Å². The summed E-state index contributed by atoms with van der Waals surface area (Å²) in [5, 5.41) is 8.42. The SMILES string of the molecule is C[As](C)SCCC(N)C(=O)O. The number of hydrogen-bond acceptors (Lipinski definition) is 3. The van der Waals surface area contributed by atoms with Crippen LogP contribution in [0.1, 0.15) is 6.42 Å². The van der Waals surface area contributed by atoms with Gasteiger partial charge in [-0.3, -0.25) is 0 Å². The van der Waals surface area contributed by atoms with Crippen molar-refractivity contribution in [2.45, 2.75) is 23.9 Å². The molecule has 0 fully saturated rings. The van der Waals surface area contributed by atoms with Gasteiger partial charge in [-0.1, -0.05) is 0 Å². The monoisotopic (exact) mass is 239 g/mol. The molecule has 66 valence electrons. The molecule has 0 radical (unpaired) electrons. The molecule has 0 heterocycles. The fraction of sp³-hybridized carbons (Fsp3) is 0.833. The molecule has 0 aromatic rings. The predicted octanol–water partition coefficient (Wildman–Crippen LogP) is 0.773. The van der Waals surface area contributed by atoms with Gasteiger partial charge >= 0.3 is 74.8 Å². The summed E-state index contributed by atoms with van der Waals surface area (Å²) in [5.41, 5.74) is 9.76. The molecule has 1 unspecified atom stereocenters. The van der Waals surface area contributed by atoms with Crippen molar-refractivity contribution >= 4 is 29.5 Å². The van der Waals surface area contributed by atoms with Gasteiger partial charge in [-0.2, -0.15) is 0 Å². The molecule has 1 atom stereocenters. The second-order valence-corrected chi connectivity index (χ2v) is 11.9. The van der Waals surface area contributed by atoms with Crippen LogP contribution in [-0.2, 0) is 4.79 Å². The minimum atomic E-state index is -0.892. The van der Waals surface area contributed by atoms with Gasteiger partial charge in [-0.25, -0.2) is 0 Å².